The molecule has 1 aromatic rings. The van der Waals surface area contributed by atoms with Crippen molar-refractivity contribution in [2.45, 2.75) is 13.5 Å². The van der Waals surface area contributed by atoms with Gasteiger partial charge in [-0.1, -0.05) is 30.1 Å². The van der Waals surface area contributed by atoms with E-state index in [1.807, 2.05) is 6.92 Å². The van der Waals surface area contributed by atoms with Gasteiger partial charge in [0.05, 0.1) is 6.33 Å². The van der Waals surface area contributed by atoms with Gasteiger partial charge in [0, 0.05) is 13.2 Å². The molecule has 1 N–H and O–H groups in total. The average Bonchev–Trinajstić information content (AvgIpc) is 2.36. The van der Waals surface area contributed by atoms with E-state index in [4.69, 9.17) is 28.3 Å². The molecule has 0 saturated heterocycles. The molecular weight excluding hydrogens is 199 g/mol. The van der Waals surface area contributed by atoms with Crippen molar-refractivity contribution in [2.24, 2.45) is 5.92 Å². The van der Waals surface area contributed by atoms with Crippen molar-refractivity contribution in [3.8, 4) is 0 Å². The Bertz CT molecular complexity index is 262. The van der Waals surface area contributed by atoms with Crippen LogP contribution in [0.4, 0.5) is 0 Å². The van der Waals surface area contributed by atoms with Gasteiger partial charge in [-0.2, -0.15) is 0 Å². The Hall–Kier alpha value is -0.250. The van der Waals surface area contributed by atoms with E-state index in [1.54, 1.807) is 10.9 Å². The SMILES string of the molecule is CC(CO)Cn1cnc(Cl)c1Cl. The zero-order valence-corrected chi connectivity index (χ0v) is 8.18. The van der Waals surface area contributed by atoms with Crippen molar-refractivity contribution in [3.05, 3.63) is 16.6 Å². The van der Waals surface area contributed by atoms with Crippen LogP contribution in [0.25, 0.3) is 0 Å². The van der Waals surface area contributed by atoms with Crippen LogP contribution in [-0.2, 0) is 6.54 Å². The third-order valence-corrected chi connectivity index (χ3v) is 2.32. The predicted molar refractivity (Wildman–Crippen MR) is 48.5 cm³/mol. The fourth-order valence-corrected chi connectivity index (χ4v) is 1.18. The smallest absolute Gasteiger partial charge is 0.166 e. The molecule has 0 aromatic carbocycles. The highest BCUT2D eigenvalue weighted by atomic mass is 35.5. The summed E-state index contributed by atoms with van der Waals surface area (Å²) >= 11 is 11.4. The number of nitrogens with zero attached hydrogens (tertiary/aromatic N) is 2. The minimum absolute atomic E-state index is 0.131. The van der Waals surface area contributed by atoms with Gasteiger partial charge in [-0.3, -0.25) is 0 Å². The van der Waals surface area contributed by atoms with Crippen LogP contribution in [0, 0.1) is 5.92 Å². The van der Waals surface area contributed by atoms with Crippen LogP contribution in [0.5, 0.6) is 0 Å². The number of aromatic nitrogens is 2. The minimum Gasteiger partial charge on any atom is -0.396 e. The molecule has 5 heteroatoms. The van der Waals surface area contributed by atoms with E-state index in [0.29, 0.717) is 16.9 Å². The molecule has 0 aliphatic rings. The van der Waals surface area contributed by atoms with Gasteiger partial charge < -0.3 is 9.67 Å². The first kappa shape index (κ1) is 9.84. The standard InChI is InChI=1S/C7H10Cl2N2O/c1-5(3-12)2-11-4-10-6(8)7(11)9/h4-5,12H,2-3H2,1H3. The Kier molecular flexibility index (Phi) is 3.38. The Labute approximate surface area is 80.9 Å². The van der Waals surface area contributed by atoms with Crippen molar-refractivity contribution in [1.29, 1.82) is 0 Å². The van der Waals surface area contributed by atoms with E-state index in [0.717, 1.165) is 0 Å². The predicted octanol–water partition coefficient (Wildman–Crippen LogP) is 1.82. The van der Waals surface area contributed by atoms with E-state index in [2.05, 4.69) is 4.98 Å². The van der Waals surface area contributed by atoms with Gasteiger partial charge in [0.25, 0.3) is 0 Å². The van der Waals surface area contributed by atoms with Crippen LogP contribution in [0.1, 0.15) is 6.92 Å². The first-order chi connectivity index (χ1) is 5.65. The third kappa shape index (κ3) is 2.12. The van der Waals surface area contributed by atoms with Crippen LogP contribution < -0.4 is 0 Å². The molecule has 1 rings (SSSR count). The van der Waals surface area contributed by atoms with Gasteiger partial charge in [-0.25, -0.2) is 4.98 Å². The Morgan fingerprint density at radius 3 is 2.75 bits per heavy atom. The molecule has 0 fully saturated rings. The second kappa shape index (κ2) is 4.12. The monoisotopic (exact) mass is 208 g/mol. The minimum atomic E-state index is 0.131. The lowest BCUT2D eigenvalue weighted by molar-refractivity contribution is 0.223. The summed E-state index contributed by atoms with van der Waals surface area (Å²) in [5, 5.41) is 9.52. The maximum absolute atomic E-state index is 8.78. The molecule has 12 heavy (non-hydrogen) atoms. The summed E-state index contributed by atoms with van der Waals surface area (Å²) in [5.41, 5.74) is 0. The van der Waals surface area contributed by atoms with E-state index in [9.17, 15) is 0 Å². The van der Waals surface area contributed by atoms with Crippen molar-refractivity contribution < 1.29 is 5.11 Å². The lowest BCUT2D eigenvalue weighted by Crippen LogP contribution is -2.10. The Morgan fingerprint density at radius 1 is 1.67 bits per heavy atom. The van der Waals surface area contributed by atoms with E-state index >= 15 is 0 Å². The van der Waals surface area contributed by atoms with Gasteiger partial charge in [-0.05, 0) is 5.92 Å². The summed E-state index contributed by atoms with van der Waals surface area (Å²) in [5.74, 6) is 0.160. The van der Waals surface area contributed by atoms with E-state index in [-0.39, 0.29) is 12.5 Å². The molecule has 1 heterocycles. The van der Waals surface area contributed by atoms with Gasteiger partial charge in [0.15, 0.2) is 5.15 Å². The number of halogens is 2. The summed E-state index contributed by atoms with van der Waals surface area (Å²) in [6.45, 7) is 2.69. The number of aliphatic hydroxyl groups is 1. The summed E-state index contributed by atoms with van der Waals surface area (Å²) in [6, 6.07) is 0. The third-order valence-electron chi connectivity index (χ3n) is 1.55. The lowest BCUT2D eigenvalue weighted by Gasteiger charge is -2.08. The molecule has 0 bridgehead atoms. The first-order valence-corrected chi connectivity index (χ1v) is 4.37. The van der Waals surface area contributed by atoms with Gasteiger partial charge in [0.1, 0.15) is 5.15 Å². The quantitative estimate of drug-likeness (QED) is 0.824. The molecule has 68 valence electrons. The highest BCUT2D eigenvalue weighted by Crippen LogP contribution is 2.20. The molecule has 0 saturated carbocycles. The molecule has 0 spiro atoms. The largest absolute Gasteiger partial charge is 0.396 e. The molecule has 1 unspecified atom stereocenters. The first-order valence-electron chi connectivity index (χ1n) is 3.62. The fourth-order valence-electron chi connectivity index (χ4n) is 0.864. The molecule has 0 aliphatic heterocycles. The fraction of sp³-hybridized carbons (Fsp3) is 0.571. The van der Waals surface area contributed by atoms with Crippen molar-refractivity contribution >= 4 is 23.2 Å². The summed E-state index contributed by atoms with van der Waals surface area (Å²) < 4.78 is 1.71. The highest BCUT2D eigenvalue weighted by molar-refractivity contribution is 6.40. The molecule has 1 atom stereocenters. The van der Waals surface area contributed by atoms with Crippen molar-refractivity contribution in [1.82, 2.24) is 9.55 Å². The number of aliphatic hydroxyl groups excluding tert-OH is 1. The molecule has 0 amide bonds. The van der Waals surface area contributed by atoms with Crippen LogP contribution >= 0.6 is 23.2 Å². The van der Waals surface area contributed by atoms with Crippen LogP contribution in [-0.4, -0.2) is 21.3 Å². The Balaban J connectivity index is 2.69. The highest BCUT2D eigenvalue weighted by Gasteiger charge is 2.08. The van der Waals surface area contributed by atoms with E-state index in [1.165, 1.54) is 0 Å². The zero-order valence-electron chi connectivity index (χ0n) is 6.67. The zero-order chi connectivity index (χ0) is 9.14. The second-order valence-electron chi connectivity index (χ2n) is 2.77. The van der Waals surface area contributed by atoms with Crippen LogP contribution in [0.15, 0.2) is 6.33 Å². The normalized spacial score (nSPS) is 13.3. The molecular formula is C7H10Cl2N2O. The van der Waals surface area contributed by atoms with Crippen LogP contribution in [0.3, 0.4) is 0 Å². The molecule has 1 aromatic heterocycles. The molecule has 0 aliphatic carbocycles. The van der Waals surface area contributed by atoms with Crippen LogP contribution in [0.2, 0.25) is 10.3 Å². The number of imidazole rings is 1. The maximum Gasteiger partial charge on any atom is 0.166 e. The summed E-state index contributed by atoms with van der Waals surface area (Å²) in [4.78, 5) is 3.82. The average molecular weight is 209 g/mol. The summed E-state index contributed by atoms with van der Waals surface area (Å²) in [6.07, 6.45) is 1.57. The Morgan fingerprint density at radius 2 is 2.33 bits per heavy atom. The molecule has 0 radical (unpaired) electrons. The lowest BCUT2D eigenvalue weighted by atomic mass is 10.2. The van der Waals surface area contributed by atoms with E-state index < -0.39 is 0 Å². The van der Waals surface area contributed by atoms with Gasteiger partial charge in [0.2, 0.25) is 0 Å². The number of hydrogen-bond donors (Lipinski definition) is 1. The summed E-state index contributed by atoms with van der Waals surface area (Å²) in [7, 11) is 0. The number of rotatable bonds is 3. The second-order valence-corrected chi connectivity index (χ2v) is 3.48. The van der Waals surface area contributed by atoms with Crippen molar-refractivity contribution in [2.75, 3.05) is 6.61 Å². The van der Waals surface area contributed by atoms with Crippen molar-refractivity contribution in [3.63, 3.8) is 0 Å². The topological polar surface area (TPSA) is 38.0 Å². The molecule has 3 nitrogen and oxygen atoms in total. The maximum atomic E-state index is 8.78. The van der Waals surface area contributed by atoms with Gasteiger partial charge in [-0.15, -0.1) is 0 Å². The van der Waals surface area contributed by atoms with Gasteiger partial charge >= 0.3 is 0 Å². The number of hydrogen-bond acceptors (Lipinski definition) is 2.